The van der Waals surface area contributed by atoms with Crippen molar-refractivity contribution in [2.75, 3.05) is 0 Å². The van der Waals surface area contributed by atoms with Crippen LogP contribution in [0.1, 0.15) is 34.2 Å². The van der Waals surface area contributed by atoms with Gasteiger partial charge in [-0.1, -0.05) is 23.7 Å². The van der Waals surface area contributed by atoms with Gasteiger partial charge in [0.15, 0.2) is 5.78 Å². The zero-order valence-electron chi connectivity index (χ0n) is 12.9. The average Bonchev–Trinajstić information content (AvgIpc) is 2.89. The Bertz CT molecular complexity index is 1070. The van der Waals surface area contributed by atoms with Crippen LogP contribution in [0.4, 0.5) is 0 Å². The first-order valence-corrected chi connectivity index (χ1v) is 7.42. The smallest absolute Gasteiger partial charge is 0.202 e. The second-order valence-electron chi connectivity index (χ2n) is 5.87. The first kappa shape index (κ1) is 13.9. The van der Waals surface area contributed by atoms with Gasteiger partial charge in [-0.3, -0.25) is 14.6 Å². The fourth-order valence-corrected chi connectivity index (χ4v) is 3.38. The Balaban J connectivity index is 2.31. The van der Waals surface area contributed by atoms with Crippen LogP contribution in [0.5, 0.6) is 0 Å². The summed E-state index contributed by atoms with van der Waals surface area (Å²) in [5.74, 6) is -0.229. The van der Waals surface area contributed by atoms with Crippen LogP contribution in [0.25, 0.3) is 16.6 Å². The van der Waals surface area contributed by atoms with Crippen molar-refractivity contribution >= 4 is 30.0 Å². The summed E-state index contributed by atoms with van der Waals surface area (Å²) in [5, 5.41) is 0.388. The number of carbonyl (C=O) groups excluding carboxylic acids is 1. The molecule has 0 saturated heterocycles. The van der Waals surface area contributed by atoms with E-state index in [9.17, 15) is 9.59 Å². The summed E-state index contributed by atoms with van der Waals surface area (Å²) >= 11 is 0. The van der Waals surface area contributed by atoms with E-state index in [1.807, 2.05) is 35.8 Å². The van der Waals surface area contributed by atoms with Gasteiger partial charge in [0.05, 0.1) is 16.5 Å². The first-order valence-electron chi connectivity index (χ1n) is 7.42. The van der Waals surface area contributed by atoms with Crippen molar-refractivity contribution in [3.8, 4) is 5.69 Å². The highest BCUT2D eigenvalue weighted by atomic mass is 16.1. The number of para-hydroxylation sites is 1. The molecule has 110 valence electrons. The molecule has 1 aliphatic rings. The molecular weight excluding hydrogens is 287 g/mol. The van der Waals surface area contributed by atoms with Gasteiger partial charge in [0, 0.05) is 29.7 Å². The van der Waals surface area contributed by atoms with E-state index in [1.165, 1.54) is 13.1 Å². The summed E-state index contributed by atoms with van der Waals surface area (Å²) < 4.78 is 1.95. The van der Waals surface area contributed by atoms with Crippen molar-refractivity contribution in [3.63, 3.8) is 0 Å². The van der Waals surface area contributed by atoms with Gasteiger partial charge in [-0.2, -0.15) is 0 Å². The molecule has 2 radical (unpaired) electrons. The summed E-state index contributed by atoms with van der Waals surface area (Å²) in [6.45, 7) is 3.24. The molecule has 23 heavy (non-hydrogen) atoms. The number of ketones is 1. The quantitative estimate of drug-likeness (QED) is 0.396. The maximum absolute atomic E-state index is 12.8. The first-order chi connectivity index (χ1) is 11.0. The van der Waals surface area contributed by atoms with Gasteiger partial charge in [0.1, 0.15) is 7.85 Å². The number of hydrogen-bond donors (Lipinski definition) is 0. The summed E-state index contributed by atoms with van der Waals surface area (Å²) in [4.78, 5) is 29.1. The number of hydrogen-bond acceptors (Lipinski definition) is 3. The minimum Gasteiger partial charge on any atom is -0.312 e. The molecule has 0 N–H and O–H groups in total. The van der Waals surface area contributed by atoms with Crippen LogP contribution in [0.15, 0.2) is 35.3 Å². The van der Waals surface area contributed by atoms with Crippen LogP contribution >= 0.6 is 0 Å². The molecule has 1 aromatic carbocycles. The van der Waals surface area contributed by atoms with E-state index in [0.717, 1.165) is 11.3 Å². The Labute approximate surface area is 134 Å². The van der Waals surface area contributed by atoms with Crippen molar-refractivity contribution in [2.24, 2.45) is 0 Å². The molecule has 1 aliphatic heterocycles. The highest BCUT2D eigenvalue weighted by molar-refractivity contribution is 6.39. The van der Waals surface area contributed by atoms with Crippen LogP contribution in [0.3, 0.4) is 0 Å². The Morgan fingerprint density at radius 3 is 2.78 bits per heavy atom. The van der Waals surface area contributed by atoms with Crippen LogP contribution < -0.4 is 10.9 Å². The van der Waals surface area contributed by atoms with Crippen molar-refractivity contribution in [3.05, 3.63) is 63.2 Å². The lowest BCUT2D eigenvalue weighted by Gasteiger charge is -2.16. The lowest BCUT2D eigenvalue weighted by atomic mass is 9.90. The molecule has 0 atom stereocenters. The van der Waals surface area contributed by atoms with E-state index < -0.39 is 0 Å². The van der Waals surface area contributed by atoms with E-state index in [1.54, 1.807) is 0 Å². The fourth-order valence-electron chi connectivity index (χ4n) is 3.38. The monoisotopic (exact) mass is 300 g/mol. The molecule has 0 spiro atoms. The molecule has 0 bridgehead atoms. The number of pyridine rings is 2. The normalized spacial score (nSPS) is 12.3. The number of nitrogens with zero attached hydrogens (tertiary/aromatic N) is 2. The number of benzene rings is 1. The average molecular weight is 300 g/mol. The van der Waals surface area contributed by atoms with Crippen LogP contribution in [0, 0.1) is 6.92 Å². The lowest BCUT2D eigenvalue weighted by molar-refractivity contribution is 0.101. The summed E-state index contributed by atoms with van der Waals surface area (Å²) in [6.07, 6.45) is 2.07. The van der Waals surface area contributed by atoms with Crippen LogP contribution in [-0.4, -0.2) is 23.2 Å². The third-order valence-electron chi connectivity index (χ3n) is 4.48. The molecule has 5 heteroatoms. The molecule has 0 aliphatic carbocycles. The van der Waals surface area contributed by atoms with Crippen molar-refractivity contribution < 1.29 is 4.79 Å². The van der Waals surface area contributed by atoms with Crippen LogP contribution in [-0.2, 0) is 6.42 Å². The van der Waals surface area contributed by atoms with Crippen LogP contribution in [0.2, 0.25) is 0 Å². The number of rotatable bonds is 1. The summed E-state index contributed by atoms with van der Waals surface area (Å²) in [5.41, 5.74) is 4.51. The van der Waals surface area contributed by atoms with Gasteiger partial charge in [-0.25, -0.2) is 0 Å². The maximum atomic E-state index is 12.8. The third kappa shape index (κ3) is 1.76. The van der Waals surface area contributed by atoms with Crippen molar-refractivity contribution in [1.29, 1.82) is 0 Å². The minimum atomic E-state index is -0.286. The Morgan fingerprint density at radius 1 is 1.30 bits per heavy atom. The second-order valence-corrected chi connectivity index (χ2v) is 5.87. The number of aromatic nitrogens is 2. The highest BCUT2D eigenvalue weighted by Crippen LogP contribution is 2.31. The number of fused-ring (bicyclic) bond motifs is 5. The molecule has 3 aromatic rings. The van der Waals surface area contributed by atoms with E-state index >= 15 is 0 Å². The van der Waals surface area contributed by atoms with Gasteiger partial charge in [0.25, 0.3) is 0 Å². The van der Waals surface area contributed by atoms with E-state index in [4.69, 9.17) is 7.85 Å². The van der Waals surface area contributed by atoms with Gasteiger partial charge >= 0.3 is 0 Å². The second kappa shape index (κ2) is 4.65. The minimum absolute atomic E-state index is 0.229. The van der Waals surface area contributed by atoms with Gasteiger partial charge < -0.3 is 4.57 Å². The molecule has 2 aromatic heterocycles. The third-order valence-corrected chi connectivity index (χ3v) is 4.48. The predicted octanol–water partition coefficient (Wildman–Crippen LogP) is 1.59. The van der Waals surface area contributed by atoms with E-state index in [0.29, 0.717) is 34.2 Å². The molecule has 4 nitrogen and oxygen atoms in total. The van der Waals surface area contributed by atoms with Gasteiger partial charge in [-0.05, 0) is 25.5 Å². The number of carbonyl (C=O) groups is 1. The maximum Gasteiger partial charge on any atom is 0.202 e. The SMILES string of the molecule is [B]c1c(C)ncc2c(=O)c(C(C)=O)c3n(c12)-c1ccccc1C3. The summed E-state index contributed by atoms with van der Waals surface area (Å²) in [7, 11) is 6.24. The van der Waals surface area contributed by atoms with Gasteiger partial charge in [0.2, 0.25) is 5.43 Å². The summed E-state index contributed by atoms with van der Waals surface area (Å²) in [6, 6.07) is 7.88. The molecule has 0 saturated carbocycles. The lowest BCUT2D eigenvalue weighted by Crippen LogP contribution is -2.25. The Hall–Kier alpha value is -2.69. The van der Waals surface area contributed by atoms with Crippen molar-refractivity contribution in [2.45, 2.75) is 20.3 Å². The molecule has 4 rings (SSSR count). The van der Waals surface area contributed by atoms with Gasteiger partial charge in [-0.15, -0.1) is 0 Å². The zero-order chi connectivity index (χ0) is 16.3. The molecule has 3 heterocycles. The number of Topliss-reactive ketones (excluding diaryl/α,β-unsaturated/α-hetero) is 1. The Kier molecular flexibility index (Phi) is 2.82. The van der Waals surface area contributed by atoms with E-state index in [-0.39, 0.29) is 16.8 Å². The topological polar surface area (TPSA) is 52.0 Å². The predicted molar refractivity (Wildman–Crippen MR) is 90.3 cm³/mol. The van der Waals surface area contributed by atoms with Crippen molar-refractivity contribution in [1.82, 2.24) is 9.55 Å². The molecule has 0 unspecified atom stereocenters. The molecular formula is C18H13BN2O2. The molecule has 0 amide bonds. The Morgan fingerprint density at radius 2 is 2.04 bits per heavy atom. The largest absolute Gasteiger partial charge is 0.312 e. The highest BCUT2D eigenvalue weighted by Gasteiger charge is 2.27. The van der Waals surface area contributed by atoms with E-state index in [2.05, 4.69) is 4.98 Å². The number of aryl methyl sites for hydroxylation is 1. The fraction of sp³-hybridized carbons (Fsp3) is 0.167. The molecule has 0 fully saturated rings. The zero-order valence-corrected chi connectivity index (χ0v) is 12.9. The standard InChI is InChI=1S/C18H13BN2O2/c1-9-16(19)17-12(8-20-9)18(23)15(10(2)22)14-7-11-5-3-4-6-13(11)21(14)17/h3-6,8H,7H2,1-2H3.